The van der Waals surface area contributed by atoms with Crippen molar-refractivity contribution < 1.29 is 18.0 Å². The Morgan fingerprint density at radius 3 is 2.67 bits per heavy atom. The van der Waals surface area contributed by atoms with E-state index >= 15 is 0 Å². The molecular formula is C16H9ClF2O2. The van der Waals surface area contributed by atoms with Crippen molar-refractivity contribution in [1.29, 1.82) is 0 Å². The molecule has 0 aliphatic heterocycles. The van der Waals surface area contributed by atoms with Gasteiger partial charge in [-0.15, -0.1) is 0 Å². The highest BCUT2D eigenvalue weighted by Crippen LogP contribution is 2.26. The molecule has 106 valence electrons. The molecule has 0 radical (unpaired) electrons. The number of aryl methyl sites for hydroxylation is 1. The van der Waals surface area contributed by atoms with Crippen molar-refractivity contribution in [1.82, 2.24) is 0 Å². The van der Waals surface area contributed by atoms with Gasteiger partial charge in [0.15, 0.2) is 5.76 Å². The maximum absolute atomic E-state index is 14.0. The first-order valence-corrected chi connectivity index (χ1v) is 6.53. The van der Waals surface area contributed by atoms with Crippen LogP contribution in [0.1, 0.15) is 21.7 Å². The second-order valence-corrected chi connectivity index (χ2v) is 5.11. The summed E-state index contributed by atoms with van der Waals surface area (Å²) < 4.78 is 33.1. The molecule has 5 heteroatoms. The van der Waals surface area contributed by atoms with E-state index in [1.807, 2.05) is 0 Å². The first-order chi connectivity index (χ1) is 9.97. The summed E-state index contributed by atoms with van der Waals surface area (Å²) in [5.74, 6) is -2.75. The molecule has 1 aromatic heterocycles. The average molecular weight is 307 g/mol. The van der Waals surface area contributed by atoms with E-state index in [4.69, 9.17) is 16.0 Å². The normalized spacial score (nSPS) is 11.0. The van der Waals surface area contributed by atoms with Gasteiger partial charge in [0.05, 0.1) is 5.56 Å². The minimum Gasteiger partial charge on any atom is -0.453 e. The number of carbonyl (C=O) groups is 1. The summed E-state index contributed by atoms with van der Waals surface area (Å²) in [5.41, 5.74) is 0.00952. The van der Waals surface area contributed by atoms with Crippen LogP contribution < -0.4 is 0 Å². The molecule has 0 unspecified atom stereocenters. The minimum atomic E-state index is -0.915. The van der Waals surface area contributed by atoms with Crippen molar-refractivity contribution in [3.8, 4) is 0 Å². The molecule has 0 saturated carbocycles. The van der Waals surface area contributed by atoms with Gasteiger partial charge in [-0.25, -0.2) is 8.78 Å². The number of furan rings is 1. The van der Waals surface area contributed by atoms with Gasteiger partial charge >= 0.3 is 0 Å². The van der Waals surface area contributed by atoms with E-state index in [0.29, 0.717) is 16.0 Å². The Hall–Kier alpha value is -2.20. The number of hydrogen-bond donors (Lipinski definition) is 0. The van der Waals surface area contributed by atoms with Gasteiger partial charge in [-0.1, -0.05) is 17.7 Å². The standard InChI is InChI=1S/C16H9ClF2O2/c1-8-2-4-11(18)14(15(8)19)16(20)13-7-9-6-10(17)3-5-12(9)21-13/h2-7H,1H3. The molecule has 2 nitrogen and oxygen atoms in total. The first-order valence-electron chi connectivity index (χ1n) is 6.16. The highest BCUT2D eigenvalue weighted by molar-refractivity contribution is 6.31. The van der Waals surface area contributed by atoms with Gasteiger partial charge in [-0.2, -0.15) is 0 Å². The summed E-state index contributed by atoms with van der Waals surface area (Å²) >= 11 is 5.85. The van der Waals surface area contributed by atoms with Gasteiger partial charge in [0.1, 0.15) is 17.2 Å². The van der Waals surface area contributed by atoms with Crippen LogP contribution in [0.2, 0.25) is 5.02 Å². The van der Waals surface area contributed by atoms with Crippen LogP contribution in [0.3, 0.4) is 0 Å². The third-order valence-corrected chi connectivity index (χ3v) is 3.45. The summed E-state index contributed by atoms with van der Waals surface area (Å²) in [4.78, 5) is 12.3. The summed E-state index contributed by atoms with van der Waals surface area (Å²) in [7, 11) is 0. The second kappa shape index (κ2) is 4.97. The Labute approximate surface area is 123 Å². The number of carbonyl (C=O) groups excluding carboxylic acids is 1. The predicted molar refractivity (Wildman–Crippen MR) is 75.8 cm³/mol. The number of fused-ring (bicyclic) bond motifs is 1. The fraction of sp³-hybridized carbons (Fsp3) is 0.0625. The Bertz CT molecular complexity index is 868. The SMILES string of the molecule is Cc1ccc(F)c(C(=O)c2cc3cc(Cl)ccc3o2)c1F. The van der Waals surface area contributed by atoms with Gasteiger partial charge in [0, 0.05) is 10.4 Å². The number of hydrogen-bond acceptors (Lipinski definition) is 2. The fourth-order valence-electron chi connectivity index (χ4n) is 2.11. The zero-order valence-electron chi connectivity index (χ0n) is 10.9. The van der Waals surface area contributed by atoms with Gasteiger partial charge in [-0.3, -0.25) is 4.79 Å². The molecule has 21 heavy (non-hydrogen) atoms. The van der Waals surface area contributed by atoms with E-state index in [1.165, 1.54) is 19.1 Å². The second-order valence-electron chi connectivity index (χ2n) is 4.68. The summed E-state index contributed by atoms with van der Waals surface area (Å²) in [6.45, 7) is 1.46. The molecule has 2 aromatic carbocycles. The number of halogens is 3. The Kier molecular flexibility index (Phi) is 3.26. The molecule has 3 rings (SSSR count). The van der Waals surface area contributed by atoms with E-state index in [-0.39, 0.29) is 11.3 Å². The molecule has 1 heterocycles. The van der Waals surface area contributed by atoms with E-state index in [2.05, 4.69) is 0 Å². The summed E-state index contributed by atoms with van der Waals surface area (Å²) in [6.07, 6.45) is 0. The smallest absolute Gasteiger partial charge is 0.234 e. The van der Waals surface area contributed by atoms with Crippen LogP contribution in [0, 0.1) is 18.6 Å². The lowest BCUT2D eigenvalue weighted by atomic mass is 10.0. The van der Waals surface area contributed by atoms with Crippen LogP contribution in [0.5, 0.6) is 0 Å². The molecule has 0 aliphatic carbocycles. The number of benzene rings is 2. The predicted octanol–water partition coefficient (Wildman–Crippen LogP) is 4.90. The lowest BCUT2D eigenvalue weighted by Gasteiger charge is -2.04. The third kappa shape index (κ3) is 2.32. The zero-order chi connectivity index (χ0) is 15.1. The number of rotatable bonds is 2. The first kappa shape index (κ1) is 13.8. The largest absolute Gasteiger partial charge is 0.453 e. The topological polar surface area (TPSA) is 30.2 Å². The summed E-state index contributed by atoms with van der Waals surface area (Å²) in [6, 6.07) is 8.57. The van der Waals surface area contributed by atoms with Crippen molar-refractivity contribution in [3.05, 3.63) is 69.9 Å². The molecule has 0 atom stereocenters. The monoisotopic (exact) mass is 306 g/mol. The van der Waals surface area contributed by atoms with Crippen LogP contribution >= 0.6 is 11.6 Å². The van der Waals surface area contributed by atoms with E-state index in [1.54, 1.807) is 18.2 Å². The third-order valence-electron chi connectivity index (χ3n) is 3.21. The highest BCUT2D eigenvalue weighted by Gasteiger charge is 2.23. The van der Waals surface area contributed by atoms with Gasteiger partial charge in [0.2, 0.25) is 5.78 Å². The van der Waals surface area contributed by atoms with E-state index < -0.39 is 23.0 Å². The Morgan fingerprint density at radius 2 is 1.90 bits per heavy atom. The molecule has 0 amide bonds. The van der Waals surface area contributed by atoms with Crippen LogP contribution in [-0.2, 0) is 0 Å². The zero-order valence-corrected chi connectivity index (χ0v) is 11.7. The molecule has 0 aliphatic rings. The van der Waals surface area contributed by atoms with Crippen molar-refractivity contribution in [2.24, 2.45) is 0 Å². The van der Waals surface area contributed by atoms with Gasteiger partial charge < -0.3 is 4.42 Å². The lowest BCUT2D eigenvalue weighted by Crippen LogP contribution is -2.07. The average Bonchev–Trinajstić information content (AvgIpc) is 2.86. The van der Waals surface area contributed by atoms with E-state index in [9.17, 15) is 13.6 Å². The maximum atomic E-state index is 14.0. The van der Waals surface area contributed by atoms with Crippen molar-refractivity contribution >= 4 is 28.4 Å². The van der Waals surface area contributed by atoms with Crippen LogP contribution in [0.25, 0.3) is 11.0 Å². The Balaban J connectivity index is 2.15. The minimum absolute atomic E-state index is 0.129. The highest BCUT2D eigenvalue weighted by atomic mass is 35.5. The van der Waals surface area contributed by atoms with Crippen LogP contribution in [0.15, 0.2) is 40.8 Å². The van der Waals surface area contributed by atoms with E-state index in [0.717, 1.165) is 6.07 Å². The van der Waals surface area contributed by atoms with Gasteiger partial charge in [0.25, 0.3) is 0 Å². The lowest BCUT2D eigenvalue weighted by molar-refractivity contribution is 0.100. The van der Waals surface area contributed by atoms with Crippen LogP contribution in [0.4, 0.5) is 8.78 Å². The number of ketones is 1. The van der Waals surface area contributed by atoms with Crippen LogP contribution in [-0.4, -0.2) is 5.78 Å². The van der Waals surface area contributed by atoms with Crippen molar-refractivity contribution in [3.63, 3.8) is 0 Å². The molecular weight excluding hydrogens is 298 g/mol. The quantitative estimate of drug-likeness (QED) is 0.630. The summed E-state index contributed by atoms with van der Waals surface area (Å²) in [5, 5.41) is 1.08. The molecule has 0 fully saturated rings. The fourth-order valence-corrected chi connectivity index (χ4v) is 2.29. The maximum Gasteiger partial charge on any atom is 0.234 e. The van der Waals surface area contributed by atoms with Gasteiger partial charge in [-0.05, 0) is 42.8 Å². The molecule has 0 N–H and O–H groups in total. The molecule has 0 bridgehead atoms. The van der Waals surface area contributed by atoms with Crippen molar-refractivity contribution in [2.75, 3.05) is 0 Å². The molecule has 3 aromatic rings. The van der Waals surface area contributed by atoms with Crippen molar-refractivity contribution in [2.45, 2.75) is 6.92 Å². The molecule has 0 spiro atoms. The molecule has 0 saturated heterocycles. The Morgan fingerprint density at radius 1 is 1.14 bits per heavy atom.